The normalized spacial score (nSPS) is 15.3. The topological polar surface area (TPSA) is 57.8 Å². The Labute approximate surface area is 160 Å². The van der Waals surface area contributed by atoms with E-state index in [4.69, 9.17) is 5.73 Å². The van der Waals surface area contributed by atoms with Crippen LogP contribution in [-0.2, 0) is 6.54 Å². The summed E-state index contributed by atoms with van der Waals surface area (Å²) in [7, 11) is 0. The van der Waals surface area contributed by atoms with Crippen LogP contribution in [0.1, 0.15) is 5.56 Å². The van der Waals surface area contributed by atoms with Gasteiger partial charge in [0, 0.05) is 43.8 Å². The van der Waals surface area contributed by atoms with Crippen LogP contribution in [0.3, 0.4) is 0 Å². The SMILES string of the molecule is I.NC(=NCc1cc(F)cc(F)c1)N1CCN(c2nccs2)CC1. The number of aromatic nitrogens is 1. The quantitative estimate of drug-likeness (QED) is 0.431. The minimum atomic E-state index is -0.606. The Morgan fingerprint density at radius 1 is 1.17 bits per heavy atom. The number of nitrogens with zero attached hydrogens (tertiary/aromatic N) is 4. The molecule has 1 saturated heterocycles. The van der Waals surface area contributed by atoms with Crippen molar-refractivity contribution in [1.29, 1.82) is 0 Å². The molecule has 1 aromatic heterocycles. The monoisotopic (exact) mass is 465 g/mol. The zero-order chi connectivity index (χ0) is 16.2. The Kier molecular flexibility index (Phi) is 6.72. The van der Waals surface area contributed by atoms with Crippen molar-refractivity contribution in [3.05, 3.63) is 47.0 Å². The average Bonchev–Trinajstić information content (AvgIpc) is 3.06. The first kappa shape index (κ1) is 18.8. The number of aliphatic imine (C=N–C) groups is 1. The maximum atomic E-state index is 13.1. The maximum Gasteiger partial charge on any atom is 0.191 e. The lowest BCUT2D eigenvalue weighted by Crippen LogP contribution is -2.51. The molecule has 0 amide bonds. The zero-order valence-electron chi connectivity index (χ0n) is 12.9. The standard InChI is InChI=1S/C15H17F2N5S.HI/c16-12-7-11(8-13(17)9-12)10-20-14(18)21-2-4-22(5-3-21)15-19-1-6-23-15;/h1,6-9H,2-5,10H2,(H2,18,20);1H. The maximum absolute atomic E-state index is 13.1. The van der Waals surface area contributed by atoms with Gasteiger partial charge in [0.05, 0.1) is 6.54 Å². The minimum Gasteiger partial charge on any atom is -0.370 e. The fourth-order valence-corrected chi connectivity index (χ4v) is 3.17. The fourth-order valence-electron chi connectivity index (χ4n) is 2.47. The van der Waals surface area contributed by atoms with Crippen LogP contribution in [0.4, 0.5) is 13.9 Å². The molecule has 24 heavy (non-hydrogen) atoms. The van der Waals surface area contributed by atoms with Crippen LogP contribution >= 0.6 is 35.3 Å². The molecule has 1 aromatic carbocycles. The van der Waals surface area contributed by atoms with Crippen molar-refractivity contribution in [3.63, 3.8) is 0 Å². The Balaban J connectivity index is 0.00000208. The molecule has 2 aromatic rings. The lowest BCUT2D eigenvalue weighted by Gasteiger charge is -2.35. The highest BCUT2D eigenvalue weighted by atomic mass is 127. The van der Waals surface area contributed by atoms with E-state index in [0.717, 1.165) is 37.4 Å². The van der Waals surface area contributed by atoms with Crippen molar-refractivity contribution in [3.8, 4) is 0 Å². The van der Waals surface area contributed by atoms with Crippen LogP contribution in [-0.4, -0.2) is 42.0 Å². The second-order valence-corrected chi connectivity index (χ2v) is 6.11. The molecular weight excluding hydrogens is 447 g/mol. The predicted octanol–water partition coefficient (Wildman–Crippen LogP) is 2.68. The molecule has 0 radical (unpaired) electrons. The van der Waals surface area contributed by atoms with Gasteiger partial charge in [0.1, 0.15) is 11.6 Å². The van der Waals surface area contributed by atoms with Crippen LogP contribution in [0.15, 0.2) is 34.8 Å². The van der Waals surface area contributed by atoms with E-state index in [1.807, 2.05) is 10.3 Å². The van der Waals surface area contributed by atoms with Gasteiger partial charge in [-0.25, -0.2) is 18.8 Å². The molecule has 0 atom stereocenters. The lowest BCUT2D eigenvalue weighted by atomic mass is 10.2. The van der Waals surface area contributed by atoms with Crippen molar-refractivity contribution in [2.75, 3.05) is 31.1 Å². The summed E-state index contributed by atoms with van der Waals surface area (Å²) in [6, 6.07) is 3.37. The van der Waals surface area contributed by atoms with Crippen LogP contribution in [0.25, 0.3) is 0 Å². The van der Waals surface area contributed by atoms with E-state index in [2.05, 4.69) is 14.9 Å². The van der Waals surface area contributed by atoms with Crippen molar-refractivity contribution in [1.82, 2.24) is 9.88 Å². The summed E-state index contributed by atoms with van der Waals surface area (Å²) in [5.41, 5.74) is 6.46. The zero-order valence-corrected chi connectivity index (χ0v) is 16.0. The number of hydrogen-bond acceptors (Lipinski definition) is 4. The van der Waals surface area contributed by atoms with E-state index in [1.54, 1.807) is 17.5 Å². The lowest BCUT2D eigenvalue weighted by molar-refractivity contribution is 0.380. The Hall–Kier alpha value is -1.49. The molecule has 0 unspecified atom stereocenters. The first-order chi connectivity index (χ1) is 11.1. The molecule has 9 heteroatoms. The second kappa shape index (κ2) is 8.56. The van der Waals surface area contributed by atoms with Gasteiger partial charge >= 0.3 is 0 Å². The first-order valence-corrected chi connectivity index (χ1v) is 8.14. The molecule has 0 saturated carbocycles. The molecule has 2 N–H and O–H groups in total. The molecule has 2 heterocycles. The van der Waals surface area contributed by atoms with Crippen molar-refractivity contribution < 1.29 is 8.78 Å². The van der Waals surface area contributed by atoms with Crippen molar-refractivity contribution in [2.45, 2.75) is 6.54 Å². The summed E-state index contributed by atoms with van der Waals surface area (Å²) in [6.07, 6.45) is 1.79. The van der Waals surface area contributed by atoms with Gasteiger partial charge in [-0.3, -0.25) is 0 Å². The molecule has 5 nitrogen and oxygen atoms in total. The predicted molar refractivity (Wildman–Crippen MR) is 103 cm³/mol. The Morgan fingerprint density at radius 2 is 1.83 bits per heavy atom. The number of benzene rings is 1. The minimum absolute atomic E-state index is 0. The van der Waals surface area contributed by atoms with E-state index in [-0.39, 0.29) is 30.5 Å². The van der Waals surface area contributed by atoms with Gasteiger partial charge in [-0.1, -0.05) is 0 Å². The Bertz CT molecular complexity index is 667. The van der Waals surface area contributed by atoms with Crippen LogP contribution in [0.2, 0.25) is 0 Å². The molecule has 0 spiro atoms. The average molecular weight is 465 g/mol. The summed E-state index contributed by atoms with van der Waals surface area (Å²) < 4.78 is 26.3. The highest BCUT2D eigenvalue weighted by Gasteiger charge is 2.19. The van der Waals surface area contributed by atoms with E-state index < -0.39 is 11.6 Å². The molecule has 3 rings (SSSR count). The van der Waals surface area contributed by atoms with E-state index in [9.17, 15) is 8.78 Å². The van der Waals surface area contributed by atoms with Crippen molar-refractivity contribution in [2.24, 2.45) is 10.7 Å². The molecule has 1 fully saturated rings. The smallest absolute Gasteiger partial charge is 0.191 e. The van der Waals surface area contributed by atoms with Gasteiger partial charge < -0.3 is 15.5 Å². The molecule has 0 aliphatic carbocycles. The fraction of sp³-hybridized carbons (Fsp3) is 0.333. The van der Waals surface area contributed by atoms with Crippen molar-refractivity contribution >= 4 is 46.4 Å². The third-order valence-corrected chi connectivity index (χ3v) is 4.47. The van der Waals surface area contributed by atoms with Gasteiger partial charge in [0.2, 0.25) is 0 Å². The number of nitrogens with two attached hydrogens (primary N) is 1. The molecule has 130 valence electrons. The number of thiazole rings is 1. The summed E-state index contributed by atoms with van der Waals surface area (Å²) in [5, 5.41) is 2.96. The first-order valence-electron chi connectivity index (χ1n) is 7.26. The number of piperazine rings is 1. The summed E-state index contributed by atoms with van der Waals surface area (Å²) in [5.74, 6) is -0.815. The van der Waals surface area contributed by atoms with Gasteiger partial charge in [0.25, 0.3) is 0 Å². The molecule has 0 bridgehead atoms. The second-order valence-electron chi connectivity index (χ2n) is 5.24. The van der Waals surface area contributed by atoms with Gasteiger partial charge in [-0.2, -0.15) is 0 Å². The van der Waals surface area contributed by atoms with E-state index in [0.29, 0.717) is 11.5 Å². The molecule has 1 aliphatic heterocycles. The number of hydrogen-bond donors (Lipinski definition) is 1. The summed E-state index contributed by atoms with van der Waals surface area (Å²) in [6.45, 7) is 3.28. The van der Waals surface area contributed by atoms with Crippen LogP contribution < -0.4 is 10.6 Å². The number of halogens is 3. The number of rotatable bonds is 3. The summed E-state index contributed by atoms with van der Waals surface area (Å²) >= 11 is 1.61. The third-order valence-electron chi connectivity index (χ3n) is 3.64. The highest BCUT2D eigenvalue weighted by Crippen LogP contribution is 2.18. The third kappa shape index (κ3) is 4.76. The number of guanidine groups is 1. The largest absolute Gasteiger partial charge is 0.370 e. The van der Waals surface area contributed by atoms with Gasteiger partial charge in [0.15, 0.2) is 11.1 Å². The van der Waals surface area contributed by atoms with Crippen LogP contribution in [0.5, 0.6) is 0 Å². The van der Waals surface area contributed by atoms with Gasteiger partial charge in [-0.05, 0) is 17.7 Å². The Morgan fingerprint density at radius 3 is 2.42 bits per heavy atom. The molecule has 1 aliphatic rings. The van der Waals surface area contributed by atoms with Crippen LogP contribution in [0, 0.1) is 11.6 Å². The highest BCUT2D eigenvalue weighted by molar-refractivity contribution is 14.0. The summed E-state index contributed by atoms with van der Waals surface area (Å²) in [4.78, 5) is 12.7. The molecular formula is C15H18F2IN5S. The number of anilines is 1. The van der Waals surface area contributed by atoms with E-state index in [1.165, 1.54) is 12.1 Å². The van der Waals surface area contributed by atoms with Gasteiger partial charge in [-0.15, -0.1) is 35.3 Å². The van der Waals surface area contributed by atoms with E-state index >= 15 is 0 Å².